The van der Waals surface area contributed by atoms with Gasteiger partial charge in [-0.1, -0.05) is 6.07 Å². The lowest BCUT2D eigenvalue weighted by Crippen LogP contribution is -2.40. The fraction of sp³-hybridized carbons (Fsp3) is 0.684. The third-order valence-corrected chi connectivity index (χ3v) is 5.24. The van der Waals surface area contributed by atoms with Gasteiger partial charge in [0.05, 0.1) is 7.11 Å². The number of methoxy groups -OCH3 is 1. The van der Waals surface area contributed by atoms with Gasteiger partial charge in [0, 0.05) is 50.8 Å². The molecule has 1 atom stereocenters. The van der Waals surface area contributed by atoms with E-state index < -0.39 is 6.10 Å². The van der Waals surface area contributed by atoms with E-state index in [9.17, 15) is 5.11 Å². The van der Waals surface area contributed by atoms with E-state index >= 15 is 0 Å². The van der Waals surface area contributed by atoms with Crippen molar-refractivity contribution in [3.05, 3.63) is 23.8 Å². The topological polar surface area (TPSA) is 57.2 Å². The number of aliphatic hydroxyl groups excluding tert-OH is 1. The molecule has 1 aliphatic rings. The number of benzene rings is 1. The zero-order chi connectivity index (χ0) is 18.8. The van der Waals surface area contributed by atoms with Crippen LogP contribution in [-0.2, 0) is 6.54 Å². The van der Waals surface area contributed by atoms with Crippen molar-refractivity contribution in [2.24, 2.45) is 0 Å². The summed E-state index contributed by atoms with van der Waals surface area (Å²) in [6, 6.07) is 5.95. The molecule has 0 unspecified atom stereocenters. The quantitative estimate of drug-likeness (QED) is 0.556. The van der Waals surface area contributed by atoms with E-state index in [2.05, 4.69) is 29.2 Å². The summed E-state index contributed by atoms with van der Waals surface area (Å²) in [5, 5.41) is 13.7. The Morgan fingerprint density at radius 2 is 2.04 bits per heavy atom. The fourth-order valence-corrected chi connectivity index (χ4v) is 3.78. The van der Waals surface area contributed by atoms with Crippen molar-refractivity contribution in [1.29, 1.82) is 0 Å². The molecular formula is C19H33N3O3S. The molecule has 0 amide bonds. The van der Waals surface area contributed by atoms with Crippen molar-refractivity contribution in [2.75, 3.05) is 72.0 Å². The molecule has 0 saturated carbocycles. The van der Waals surface area contributed by atoms with E-state index in [4.69, 9.17) is 9.47 Å². The molecule has 148 valence electrons. The molecule has 0 aromatic heterocycles. The van der Waals surface area contributed by atoms with Crippen LogP contribution in [0.3, 0.4) is 0 Å². The fourth-order valence-electron chi connectivity index (χ4n) is 2.80. The standard InChI is InChI=1S/C19H33N3O3S/c1-21(2)7-6-20-13-16-4-5-18(19(12-16)24-3)25-15-17(23)14-22-8-10-26-11-9-22/h4-5,12,17,20,23H,6-11,13-15H2,1-3H3/t17-/m1/s1. The molecule has 26 heavy (non-hydrogen) atoms. The summed E-state index contributed by atoms with van der Waals surface area (Å²) in [7, 11) is 5.78. The molecule has 1 aliphatic heterocycles. The zero-order valence-corrected chi connectivity index (χ0v) is 17.1. The molecule has 1 aromatic rings. The Kier molecular flexibility index (Phi) is 9.56. The van der Waals surface area contributed by atoms with Gasteiger partial charge in [0.15, 0.2) is 11.5 Å². The molecule has 0 bridgehead atoms. The van der Waals surface area contributed by atoms with Crippen LogP contribution in [0.15, 0.2) is 18.2 Å². The van der Waals surface area contributed by atoms with Crippen molar-refractivity contribution in [1.82, 2.24) is 15.1 Å². The van der Waals surface area contributed by atoms with E-state index in [1.165, 1.54) is 0 Å². The third-order valence-electron chi connectivity index (χ3n) is 4.30. The molecular weight excluding hydrogens is 350 g/mol. The van der Waals surface area contributed by atoms with Crippen LogP contribution in [-0.4, -0.2) is 93.1 Å². The van der Waals surface area contributed by atoms with E-state index in [-0.39, 0.29) is 6.61 Å². The van der Waals surface area contributed by atoms with E-state index in [1.807, 2.05) is 30.0 Å². The molecule has 0 aliphatic carbocycles. The van der Waals surface area contributed by atoms with Gasteiger partial charge in [-0.25, -0.2) is 0 Å². The van der Waals surface area contributed by atoms with E-state index in [0.717, 1.165) is 49.8 Å². The van der Waals surface area contributed by atoms with E-state index in [1.54, 1.807) is 7.11 Å². The van der Waals surface area contributed by atoms with Crippen LogP contribution in [0.2, 0.25) is 0 Å². The van der Waals surface area contributed by atoms with Crippen LogP contribution < -0.4 is 14.8 Å². The number of ether oxygens (including phenoxy) is 2. The van der Waals surface area contributed by atoms with Crippen molar-refractivity contribution < 1.29 is 14.6 Å². The largest absolute Gasteiger partial charge is 0.493 e. The minimum absolute atomic E-state index is 0.278. The lowest BCUT2D eigenvalue weighted by Gasteiger charge is -2.28. The van der Waals surface area contributed by atoms with Crippen LogP contribution >= 0.6 is 11.8 Å². The number of nitrogens with one attached hydrogen (secondary N) is 1. The van der Waals surface area contributed by atoms with Gasteiger partial charge < -0.3 is 24.8 Å². The smallest absolute Gasteiger partial charge is 0.161 e. The predicted octanol–water partition coefficient (Wildman–Crippen LogP) is 1.13. The first kappa shape index (κ1) is 21.3. The lowest BCUT2D eigenvalue weighted by atomic mass is 10.2. The molecule has 1 aromatic carbocycles. The summed E-state index contributed by atoms with van der Waals surface area (Å²) < 4.78 is 11.3. The van der Waals surface area contributed by atoms with Gasteiger partial charge in [-0.2, -0.15) is 11.8 Å². The highest BCUT2D eigenvalue weighted by atomic mass is 32.2. The number of likely N-dealkylation sites (N-methyl/N-ethyl adjacent to an activating group) is 1. The molecule has 2 N–H and O–H groups in total. The summed E-state index contributed by atoms with van der Waals surface area (Å²) >= 11 is 1.97. The van der Waals surface area contributed by atoms with Crippen molar-refractivity contribution >= 4 is 11.8 Å². The normalized spacial score (nSPS) is 16.7. The van der Waals surface area contributed by atoms with Gasteiger partial charge in [-0.05, 0) is 31.8 Å². The highest BCUT2D eigenvalue weighted by Gasteiger charge is 2.16. The molecule has 0 radical (unpaired) electrons. The maximum atomic E-state index is 10.2. The second-order valence-corrected chi connectivity index (χ2v) is 8.07. The minimum atomic E-state index is -0.491. The van der Waals surface area contributed by atoms with Crippen molar-refractivity contribution in [2.45, 2.75) is 12.6 Å². The van der Waals surface area contributed by atoms with Gasteiger partial charge in [-0.3, -0.25) is 4.90 Å². The van der Waals surface area contributed by atoms with Crippen LogP contribution in [0, 0.1) is 0 Å². The van der Waals surface area contributed by atoms with E-state index in [0.29, 0.717) is 18.0 Å². The maximum Gasteiger partial charge on any atom is 0.161 e. The molecule has 7 heteroatoms. The summed E-state index contributed by atoms with van der Waals surface area (Å²) in [4.78, 5) is 4.45. The second-order valence-electron chi connectivity index (χ2n) is 6.84. The zero-order valence-electron chi connectivity index (χ0n) is 16.2. The first-order valence-corrected chi connectivity index (χ1v) is 10.4. The molecule has 1 heterocycles. The molecule has 6 nitrogen and oxygen atoms in total. The van der Waals surface area contributed by atoms with Crippen molar-refractivity contribution in [3.8, 4) is 11.5 Å². The van der Waals surface area contributed by atoms with Crippen LogP contribution in [0.1, 0.15) is 5.56 Å². The van der Waals surface area contributed by atoms with Gasteiger partial charge in [0.25, 0.3) is 0 Å². The summed E-state index contributed by atoms with van der Waals surface area (Å²) in [5.41, 5.74) is 1.15. The summed E-state index contributed by atoms with van der Waals surface area (Å²) in [6.45, 7) is 5.76. The van der Waals surface area contributed by atoms with Crippen molar-refractivity contribution in [3.63, 3.8) is 0 Å². The van der Waals surface area contributed by atoms with Gasteiger partial charge >= 0.3 is 0 Å². The lowest BCUT2D eigenvalue weighted by molar-refractivity contribution is 0.0705. The minimum Gasteiger partial charge on any atom is -0.493 e. The Balaban J connectivity index is 1.78. The monoisotopic (exact) mass is 383 g/mol. The Bertz CT molecular complexity index is 525. The highest BCUT2D eigenvalue weighted by molar-refractivity contribution is 7.99. The SMILES string of the molecule is COc1cc(CNCCN(C)C)ccc1OC[C@H](O)CN1CCSCC1. The Morgan fingerprint density at radius 3 is 2.73 bits per heavy atom. The number of hydrogen-bond acceptors (Lipinski definition) is 7. The van der Waals surface area contributed by atoms with Crippen LogP contribution in [0.5, 0.6) is 11.5 Å². The van der Waals surface area contributed by atoms with Gasteiger partial charge in [0.1, 0.15) is 12.7 Å². The first-order valence-electron chi connectivity index (χ1n) is 9.22. The second kappa shape index (κ2) is 11.7. The Morgan fingerprint density at radius 1 is 1.27 bits per heavy atom. The number of hydrogen-bond donors (Lipinski definition) is 2. The number of aliphatic hydroxyl groups is 1. The summed E-state index contributed by atoms with van der Waals surface area (Å²) in [5.74, 6) is 3.67. The number of rotatable bonds is 11. The molecule has 0 spiro atoms. The average Bonchev–Trinajstić information content (AvgIpc) is 2.64. The predicted molar refractivity (Wildman–Crippen MR) is 109 cm³/mol. The average molecular weight is 384 g/mol. The van der Waals surface area contributed by atoms with Crippen LogP contribution in [0.25, 0.3) is 0 Å². The molecule has 1 saturated heterocycles. The Labute approximate surface area is 161 Å². The van der Waals surface area contributed by atoms with Crippen LogP contribution in [0.4, 0.5) is 0 Å². The highest BCUT2D eigenvalue weighted by Crippen LogP contribution is 2.28. The first-order chi connectivity index (χ1) is 12.6. The summed E-state index contributed by atoms with van der Waals surface area (Å²) in [6.07, 6.45) is -0.491. The number of nitrogens with zero attached hydrogens (tertiary/aromatic N) is 2. The van der Waals surface area contributed by atoms with Gasteiger partial charge in [0.2, 0.25) is 0 Å². The number of β-amino-alcohol motifs (C(OH)–C–C–N with tert-alkyl or cyclic N) is 1. The molecule has 1 fully saturated rings. The molecule has 2 rings (SSSR count). The maximum absolute atomic E-state index is 10.2. The third kappa shape index (κ3) is 7.72. The van der Waals surface area contributed by atoms with Gasteiger partial charge in [-0.15, -0.1) is 0 Å². The number of thioether (sulfide) groups is 1. The Hall–Kier alpha value is -0.990.